The van der Waals surface area contributed by atoms with Crippen LogP contribution in [0.4, 0.5) is 5.69 Å². The predicted molar refractivity (Wildman–Crippen MR) is 47.4 cm³/mol. The maximum absolute atomic E-state index is 8.46. The third kappa shape index (κ3) is 1.97. The highest BCUT2D eigenvalue weighted by Gasteiger charge is 1.95. The van der Waals surface area contributed by atoms with E-state index >= 15 is 0 Å². The van der Waals surface area contributed by atoms with Gasteiger partial charge in [0.2, 0.25) is 0 Å². The van der Waals surface area contributed by atoms with E-state index in [0.29, 0.717) is 5.69 Å². The number of hydrogen-bond donors (Lipinski definition) is 2. The van der Waals surface area contributed by atoms with Crippen LogP contribution in [0.15, 0.2) is 12.3 Å². The van der Waals surface area contributed by atoms with Gasteiger partial charge >= 0.3 is 0 Å². The van der Waals surface area contributed by atoms with Crippen LogP contribution in [0, 0.1) is 18.8 Å². The van der Waals surface area contributed by atoms with Crippen LogP contribution in [0.5, 0.6) is 0 Å². The second-order valence-corrected chi connectivity index (χ2v) is 2.36. The van der Waals surface area contributed by atoms with Crippen molar-refractivity contribution >= 4 is 5.69 Å². The molecule has 0 aliphatic carbocycles. The van der Waals surface area contributed by atoms with Gasteiger partial charge in [0, 0.05) is 5.56 Å². The summed E-state index contributed by atoms with van der Waals surface area (Å²) in [5.74, 6) is 5.30. The lowest BCUT2D eigenvalue weighted by Crippen LogP contribution is -1.92. The van der Waals surface area contributed by atoms with E-state index < -0.39 is 0 Å². The van der Waals surface area contributed by atoms with E-state index in [2.05, 4.69) is 16.8 Å². The lowest BCUT2D eigenvalue weighted by atomic mass is 10.2. The van der Waals surface area contributed by atoms with Crippen molar-refractivity contribution < 1.29 is 5.11 Å². The van der Waals surface area contributed by atoms with Crippen LogP contribution in [0.25, 0.3) is 0 Å². The van der Waals surface area contributed by atoms with Crippen LogP contribution in [0.2, 0.25) is 0 Å². The van der Waals surface area contributed by atoms with E-state index in [-0.39, 0.29) is 6.61 Å². The fraction of sp³-hybridized carbons (Fsp3) is 0.222. The third-order valence-corrected chi connectivity index (χ3v) is 1.41. The molecule has 0 aliphatic heterocycles. The van der Waals surface area contributed by atoms with Crippen LogP contribution in [0.3, 0.4) is 0 Å². The zero-order valence-electron chi connectivity index (χ0n) is 6.83. The van der Waals surface area contributed by atoms with E-state index in [1.54, 1.807) is 12.3 Å². The summed E-state index contributed by atoms with van der Waals surface area (Å²) in [5, 5.41) is 8.46. The molecule has 0 spiro atoms. The lowest BCUT2D eigenvalue weighted by molar-refractivity contribution is 0.350. The Morgan fingerprint density at radius 2 is 2.42 bits per heavy atom. The van der Waals surface area contributed by atoms with Crippen LogP contribution < -0.4 is 5.73 Å². The van der Waals surface area contributed by atoms with Crippen molar-refractivity contribution in [2.75, 3.05) is 12.3 Å². The van der Waals surface area contributed by atoms with Gasteiger partial charge in [-0.05, 0) is 13.0 Å². The molecule has 0 aliphatic rings. The monoisotopic (exact) mass is 162 g/mol. The van der Waals surface area contributed by atoms with Crippen molar-refractivity contribution in [3.05, 3.63) is 23.5 Å². The molecule has 1 heterocycles. The van der Waals surface area contributed by atoms with Crippen molar-refractivity contribution in [1.82, 2.24) is 4.98 Å². The molecular formula is C9H10N2O. The van der Waals surface area contributed by atoms with Gasteiger partial charge in [-0.25, -0.2) is 0 Å². The SMILES string of the molecule is Cc1ncc(N)cc1C#CCO. The lowest BCUT2D eigenvalue weighted by Gasteiger charge is -1.97. The number of pyridine rings is 1. The Hall–Kier alpha value is -1.53. The third-order valence-electron chi connectivity index (χ3n) is 1.41. The highest BCUT2D eigenvalue weighted by atomic mass is 16.2. The molecule has 12 heavy (non-hydrogen) atoms. The summed E-state index contributed by atoms with van der Waals surface area (Å²) < 4.78 is 0. The molecule has 0 radical (unpaired) electrons. The van der Waals surface area contributed by atoms with Crippen LogP contribution in [-0.4, -0.2) is 16.7 Å². The number of nitrogens with zero attached hydrogens (tertiary/aromatic N) is 1. The van der Waals surface area contributed by atoms with Gasteiger partial charge in [-0.1, -0.05) is 11.8 Å². The molecule has 0 atom stereocenters. The van der Waals surface area contributed by atoms with E-state index in [0.717, 1.165) is 11.3 Å². The van der Waals surface area contributed by atoms with Gasteiger partial charge in [0.05, 0.1) is 17.6 Å². The second-order valence-electron chi connectivity index (χ2n) is 2.36. The predicted octanol–water partition coefficient (Wildman–Crippen LogP) is 0.316. The van der Waals surface area contributed by atoms with Crippen molar-refractivity contribution in [1.29, 1.82) is 0 Å². The van der Waals surface area contributed by atoms with Gasteiger partial charge in [-0.15, -0.1) is 0 Å². The van der Waals surface area contributed by atoms with Crippen LogP contribution in [-0.2, 0) is 0 Å². The molecule has 0 amide bonds. The number of aliphatic hydroxyl groups excluding tert-OH is 1. The largest absolute Gasteiger partial charge is 0.397 e. The average molecular weight is 162 g/mol. The van der Waals surface area contributed by atoms with E-state index in [1.165, 1.54) is 0 Å². The van der Waals surface area contributed by atoms with E-state index in [1.807, 2.05) is 6.92 Å². The Morgan fingerprint density at radius 3 is 3.08 bits per heavy atom. The Morgan fingerprint density at radius 1 is 1.67 bits per heavy atom. The Bertz CT molecular complexity index is 336. The number of hydrogen-bond acceptors (Lipinski definition) is 3. The highest BCUT2D eigenvalue weighted by Crippen LogP contribution is 2.07. The standard InChI is InChI=1S/C9H10N2O/c1-7-8(3-2-4-12)5-9(10)6-11-7/h5-6,12H,4,10H2,1H3. The van der Waals surface area contributed by atoms with Gasteiger partial charge < -0.3 is 10.8 Å². The first kappa shape index (κ1) is 8.57. The number of nitrogens with two attached hydrogens (primary N) is 1. The molecule has 3 N–H and O–H groups in total. The molecule has 3 heteroatoms. The summed E-state index contributed by atoms with van der Waals surface area (Å²) in [6, 6.07) is 1.74. The molecule has 0 unspecified atom stereocenters. The van der Waals surface area contributed by atoms with Crippen LogP contribution in [0.1, 0.15) is 11.3 Å². The quantitative estimate of drug-likeness (QED) is 0.540. The summed E-state index contributed by atoms with van der Waals surface area (Å²) in [6.45, 7) is 1.70. The normalized spacial score (nSPS) is 8.83. The molecule has 62 valence electrons. The molecule has 1 aromatic heterocycles. The van der Waals surface area contributed by atoms with Gasteiger partial charge in [0.1, 0.15) is 6.61 Å². The topological polar surface area (TPSA) is 59.1 Å². The zero-order valence-corrected chi connectivity index (χ0v) is 6.83. The van der Waals surface area contributed by atoms with Crippen molar-refractivity contribution in [2.24, 2.45) is 0 Å². The molecular weight excluding hydrogens is 152 g/mol. The van der Waals surface area contributed by atoms with Gasteiger partial charge in [-0.2, -0.15) is 0 Å². The van der Waals surface area contributed by atoms with Crippen LogP contribution >= 0.6 is 0 Å². The number of anilines is 1. The molecule has 1 aromatic rings. The van der Waals surface area contributed by atoms with Gasteiger partial charge in [-0.3, -0.25) is 4.98 Å². The molecule has 0 saturated heterocycles. The summed E-state index contributed by atoms with van der Waals surface area (Å²) in [7, 11) is 0. The number of aromatic nitrogens is 1. The van der Waals surface area contributed by atoms with E-state index in [4.69, 9.17) is 10.8 Å². The summed E-state index contributed by atoms with van der Waals surface area (Å²) in [6.07, 6.45) is 1.58. The molecule has 0 aromatic carbocycles. The fourth-order valence-corrected chi connectivity index (χ4v) is 0.811. The molecule has 0 bridgehead atoms. The zero-order chi connectivity index (χ0) is 8.97. The molecule has 0 fully saturated rings. The smallest absolute Gasteiger partial charge is 0.104 e. The van der Waals surface area contributed by atoms with Crippen molar-refractivity contribution in [3.8, 4) is 11.8 Å². The van der Waals surface area contributed by atoms with Crippen molar-refractivity contribution in [2.45, 2.75) is 6.92 Å². The number of rotatable bonds is 0. The summed E-state index contributed by atoms with van der Waals surface area (Å²) in [5.41, 5.74) is 7.68. The first-order valence-electron chi connectivity index (χ1n) is 3.56. The first-order valence-corrected chi connectivity index (χ1v) is 3.56. The molecule has 0 saturated carbocycles. The first-order chi connectivity index (χ1) is 5.74. The molecule has 1 rings (SSSR count). The minimum absolute atomic E-state index is 0.145. The Kier molecular flexibility index (Phi) is 2.67. The maximum Gasteiger partial charge on any atom is 0.104 e. The molecule has 3 nitrogen and oxygen atoms in total. The van der Waals surface area contributed by atoms with E-state index in [9.17, 15) is 0 Å². The number of nitrogen functional groups attached to an aromatic ring is 1. The summed E-state index contributed by atoms with van der Waals surface area (Å²) >= 11 is 0. The highest BCUT2D eigenvalue weighted by molar-refractivity contribution is 5.47. The fourth-order valence-electron chi connectivity index (χ4n) is 0.811. The maximum atomic E-state index is 8.46. The van der Waals surface area contributed by atoms with Gasteiger partial charge in [0.25, 0.3) is 0 Å². The second kappa shape index (κ2) is 3.74. The number of aliphatic hydroxyl groups is 1. The Labute approximate surface area is 71.2 Å². The minimum Gasteiger partial charge on any atom is -0.397 e. The van der Waals surface area contributed by atoms with Gasteiger partial charge in [0.15, 0.2) is 0 Å². The van der Waals surface area contributed by atoms with Crippen molar-refractivity contribution in [3.63, 3.8) is 0 Å². The summed E-state index contributed by atoms with van der Waals surface area (Å²) in [4.78, 5) is 4.02. The Balaban J connectivity index is 3.05. The minimum atomic E-state index is -0.145. The average Bonchev–Trinajstić information content (AvgIpc) is 2.07. The number of aryl methyl sites for hydroxylation is 1.